The molecule has 0 saturated heterocycles. The number of esters is 2. The van der Waals surface area contributed by atoms with E-state index >= 15 is 0 Å². The molecule has 54 heavy (non-hydrogen) atoms. The summed E-state index contributed by atoms with van der Waals surface area (Å²) in [5.74, 6) is -0.670. The first-order valence-corrected chi connectivity index (χ1v) is 21.4. The van der Waals surface area contributed by atoms with Crippen LogP contribution in [0.15, 0.2) is 109 Å². The van der Waals surface area contributed by atoms with E-state index in [0.29, 0.717) is 12.8 Å². The van der Waals surface area contributed by atoms with Crippen molar-refractivity contribution in [2.75, 3.05) is 13.2 Å². The second kappa shape index (κ2) is 44.0. The van der Waals surface area contributed by atoms with E-state index in [4.69, 9.17) is 9.47 Å². The van der Waals surface area contributed by atoms with Gasteiger partial charge in [-0.05, 0) is 77.0 Å². The first-order chi connectivity index (χ1) is 26.6. The molecule has 0 rings (SSSR count). The minimum absolute atomic E-state index is 0.0942. The molecule has 0 aromatic rings. The molecule has 0 aliphatic carbocycles. The van der Waals surface area contributed by atoms with E-state index in [1.165, 1.54) is 51.4 Å². The number of carbonyl (C=O) groups excluding carboxylic acids is 2. The van der Waals surface area contributed by atoms with Gasteiger partial charge in [-0.15, -0.1) is 0 Å². The Morgan fingerprint density at radius 3 is 1.19 bits per heavy atom. The van der Waals surface area contributed by atoms with Crippen molar-refractivity contribution in [3.05, 3.63) is 109 Å². The van der Waals surface area contributed by atoms with Crippen LogP contribution in [0.25, 0.3) is 0 Å². The Balaban J connectivity index is 3.74. The lowest BCUT2D eigenvalue weighted by molar-refractivity contribution is -0.161. The van der Waals surface area contributed by atoms with Crippen LogP contribution in [0, 0.1) is 0 Å². The van der Waals surface area contributed by atoms with Crippen LogP contribution in [-0.4, -0.2) is 36.4 Å². The molecule has 0 amide bonds. The molecule has 0 aliphatic rings. The summed E-state index contributed by atoms with van der Waals surface area (Å²) >= 11 is 0. The number of aliphatic hydroxyl groups excluding tert-OH is 1. The van der Waals surface area contributed by atoms with Gasteiger partial charge in [-0.2, -0.15) is 0 Å². The van der Waals surface area contributed by atoms with Crippen molar-refractivity contribution in [1.82, 2.24) is 0 Å². The van der Waals surface area contributed by atoms with E-state index in [0.717, 1.165) is 83.5 Å². The van der Waals surface area contributed by atoms with Crippen molar-refractivity contribution in [3.63, 3.8) is 0 Å². The number of rotatable bonds is 37. The highest BCUT2D eigenvalue weighted by molar-refractivity contribution is 5.70. The monoisotopic (exact) mass is 747 g/mol. The minimum atomic E-state index is -0.806. The fraction of sp³-hybridized carbons (Fsp3) is 0.592. The quantitative estimate of drug-likeness (QED) is 0.0389. The highest BCUT2D eigenvalue weighted by Gasteiger charge is 2.15. The van der Waals surface area contributed by atoms with Crippen molar-refractivity contribution in [2.24, 2.45) is 0 Å². The Kier molecular flexibility index (Phi) is 41.2. The molecule has 0 bridgehead atoms. The van der Waals surface area contributed by atoms with Crippen molar-refractivity contribution >= 4 is 11.9 Å². The second-order valence-corrected chi connectivity index (χ2v) is 13.7. The van der Waals surface area contributed by atoms with E-state index in [-0.39, 0.29) is 31.6 Å². The van der Waals surface area contributed by atoms with Crippen LogP contribution >= 0.6 is 0 Å². The smallest absolute Gasteiger partial charge is 0.306 e. The van der Waals surface area contributed by atoms with Gasteiger partial charge in [-0.1, -0.05) is 187 Å². The molecular weight excluding hydrogens is 669 g/mol. The van der Waals surface area contributed by atoms with E-state index in [1.54, 1.807) is 0 Å². The highest BCUT2D eigenvalue weighted by Crippen LogP contribution is 2.12. The first kappa shape index (κ1) is 50.6. The van der Waals surface area contributed by atoms with E-state index in [1.807, 2.05) is 0 Å². The third-order valence-corrected chi connectivity index (χ3v) is 8.58. The number of allylic oxidation sites excluding steroid dienone is 18. The summed E-state index contributed by atoms with van der Waals surface area (Å²) in [5.41, 5.74) is 0. The number of hydrogen-bond acceptors (Lipinski definition) is 5. The van der Waals surface area contributed by atoms with Crippen molar-refractivity contribution < 1.29 is 24.2 Å². The van der Waals surface area contributed by atoms with Gasteiger partial charge in [0, 0.05) is 12.8 Å². The predicted octanol–water partition coefficient (Wildman–Crippen LogP) is 13.8. The van der Waals surface area contributed by atoms with Crippen LogP contribution in [0.2, 0.25) is 0 Å². The average Bonchev–Trinajstić information content (AvgIpc) is 3.17. The Morgan fingerprint density at radius 2 is 0.796 bits per heavy atom. The van der Waals surface area contributed by atoms with Gasteiger partial charge in [0.2, 0.25) is 0 Å². The zero-order chi connectivity index (χ0) is 39.3. The van der Waals surface area contributed by atoms with Crippen molar-refractivity contribution in [3.8, 4) is 0 Å². The van der Waals surface area contributed by atoms with Gasteiger partial charge in [-0.3, -0.25) is 9.59 Å². The standard InChI is InChI=1S/C49H78O5/c1-3-5-7-9-11-13-15-16-17-18-19-20-21-22-23-24-25-26-27-28-29-30-31-32-34-36-38-40-42-44-49(52)54-47(45-50)46-53-48(51)43-41-39-37-35-33-14-12-10-8-6-4-2/h5,7,11,13,16-17,19-20,22-23,25-26,28-29,31-32,36,38,47,50H,3-4,6,8-10,12,14-15,18,21,24,27,30,33-35,37,39-46H2,1-2H3/b7-5-,13-11-,17-16-,20-19-,23-22-,26-25-,29-28-,32-31-,38-36-. The lowest BCUT2D eigenvalue weighted by Gasteiger charge is -2.15. The van der Waals surface area contributed by atoms with Gasteiger partial charge < -0.3 is 14.6 Å². The molecule has 0 aromatic carbocycles. The maximum Gasteiger partial charge on any atom is 0.306 e. The summed E-state index contributed by atoms with van der Waals surface area (Å²) < 4.78 is 10.5. The molecular formula is C49H78O5. The molecule has 0 aliphatic heterocycles. The minimum Gasteiger partial charge on any atom is -0.462 e. The Morgan fingerprint density at radius 1 is 0.444 bits per heavy atom. The van der Waals surface area contributed by atoms with Crippen LogP contribution < -0.4 is 0 Å². The van der Waals surface area contributed by atoms with Gasteiger partial charge in [0.05, 0.1) is 6.61 Å². The van der Waals surface area contributed by atoms with Crippen LogP contribution in [-0.2, 0) is 19.1 Å². The Bertz CT molecular complexity index is 1120. The average molecular weight is 747 g/mol. The fourth-order valence-corrected chi connectivity index (χ4v) is 5.38. The van der Waals surface area contributed by atoms with Gasteiger partial charge in [0.1, 0.15) is 6.61 Å². The van der Waals surface area contributed by atoms with Gasteiger partial charge in [0.15, 0.2) is 6.10 Å². The predicted molar refractivity (Wildman–Crippen MR) is 232 cm³/mol. The number of aliphatic hydroxyl groups is 1. The van der Waals surface area contributed by atoms with Crippen molar-refractivity contribution in [1.29, 1.82) is 0 Å². The first-order valence-electron chi connectivity index (χ1n) is 21.4. The maximum atomic E-state index is 12.2. The lowest BCUT2D eigenvalue weighted by atomic mass is 10.1. The zero-order valence-electron chi connectivity index (χ0n) is 34.4. The van der Waals surface area contributed by atoms with Crippen LogP contribution in [0.4, 0.5) is 0 Å². The number of carbonyl (C=O) groups is 2. The lowest BCUT2D eigenvalue weighted by Crippen LogP contribution is -2.28. The highest BCUT2D eigenvalue weighted by atomic mass is 16.6. The maximum absolute atomic E-state index is 12.2. The summed E-state index contributed by atoms with van der Waals surface area (Å²) in [4.78, 5) is 24.2. The molecule has 1 unspecified atom stereocenters. The number of unbranched alkanes of at least 4 members (excludes halogenated alkanes) is 11. The molecule has 5 heteroatoms. The van der Waals surface area contributed by atoms with Crippen LogP contribution in [0.3, 0.4) is 0 Å². The van der Waals surface area contributed by atoms with E-state index < -0.39 is 6.10 Å². The molecule has 0 aromatic heterocycles. The fourth-order valence-electron chi connectivity index (χ4n) is 5.38. The van der Waals surface area contributed by atoms with Crippen LogP contribution in [0.1, 0.15) is 168 Å². The largest absolute Gasteiger partial charge is 0.462 e. The molecule has 304 valence electrons. The summed E-state index contributed by atoms with van der Waals surface area (Å²) in [6, 6.07) is 0. The SMILES string of the molecule is CC/C=C\C/C=C\C/C=C\C/C=C\C/C=C\C/C=C\C/C=C\C/C=C\C/C=C\CCCC(=O)OC(CO)COC(=O)CCCCCCCCCCCCC. The third-order valence-electron chi connectivity index (χ3n) is 8.58. The molecule has 0 heterocycles. The van der Waals surface area contributed by atoms with Gasteiger partial charge in [-0.25, -0.2) is 0 Å². The molecule has 0 fully saturated rings. The molecule has 5 nitrogen and oxygen atoms in total. The van der Waals surface area contributed by atoms with Crippen molar-refractivity contribution in [2.45, 2.75) is 174 Å². The summed E-state index contributed by atoms with van der Waals surface area (Å²) in [6.07, 6.45) is 63.1. The Labute approximate surface area is 331 Å². The summed E-state index contributed by atoms with van der Waals surface area (Å²) in [5, 5.41) is 9.55. The zero-order valence-corrected chi connectivity index (χ0v) is 34.4. The molecule has 1 atom stereocenters. The van der Waals surface area contributed by atoms with E-state index in [2.05, 4.69) is 123 Å². The Hall–Kier alpha value is -3.44. The van der Waals surface area contributed by atoms with Gasteiger partial charge in [0.25, 0.3) is 0 Å². The molecule has 0 spiro atoms. The normalized spacial score (nSPS) is 13.3. The van der Waals surface area contributed by atoms with Gasteiger partial charge >= 0.3 is 11.9 Å². The molecule has 0 radical (unpaired) electrons. The summed E-state index contributed by atoms with van der Waals surface area (Å²) in [6.45, 7) is 3.95. The van der Waals surface area contributed by atoms with E-state index in [9.17, 15) is 14.7 Å². The topological polar surface area (TPSA) is 72.8 Å². The third kappa shape index (κ3) is 41.3. The number of hydrogen-bond donors (Lipinski definition) is 1. The number of ether oxygens (including phenoxy) is 2. The summed E-state index contributed by atoms with van der Waals surface area (Å²) in [7, 11) is 0. The molecule has 1 N–H and O–H groups in total. The van der Waals surface area contributed by atoms with Crippen LogP contribution in [0.5, 0.6) is 0 Å². The molecule has 0 saturated carbocycles. The second-order valence-electron chi connectivity index (χ2n) is 13.7.